The summed E-state index contributed by atoms with van der Waals surface area (Å²) in [4.78, 5) is 0. The summed E-state index contributed by atoms with van der Waals surface area (Å²) in [5.74, 6) is 0.535. The van der Waals surface area contributed by atoms with Gasteiger partial charge in [-0.1, -0.05) is 29.3 Å². The van der Waals surface area contributed by atoms with Crippen LogP contribution in [0.1, 0.15) is 17.4 Å². The normalized spacial score (nSPS) is 12.6. The van der Waals surface area contributed by atoms with Crippen LogP contribution in [0.2, 0.25) is 10.0 Å². The van der Waals surface area contributed by atoms with Crippen molar-refractivity contribution in [3.05, 3.63) is 58.0 Å². The van der Waals surface area contributed by atoms with Gasteiger partial charge in [-0.25, -0.2) is 0 Å². The third kappa shape index (κ3) is 3.27. The van der Waals surface area contributed by atoms with E-state index >= 15 is 0 Å². The van der Waals surface area contributed by atoms with Crippen molar-refractivity contribution in [1.29, 1.82) is 0 Å². The SMILES string of the molecule is OC(CNCc1c(Cl)cccc1Cl)c1ccco1. The molecule has 3 nitrogen and oxygen atoms in total. The smallest absolute Gasteiger partial charge is 0.133 e. The molecule has 0 radical (unpaired) electrons. The van der Waals surface area contributed by atoms with E-state index < -0.39 is 6.10 Å². The summed E-state index contributed by atoms with van der Waals surface area (Å²) in [6.07, 6.45) is 0.852. The summed E-state index contributed by atoms with van der Waals surface area (Å²) in [6, 6.07) is 8.84. The largest absolute Gasteiger partial charge is 0.467 e. The lowest BCUT2D eigenvalue weighted by atomic mass is 10.2. The van der Waals surface area contributed by atoms with Crippen LogP contribution < -0.4 is 5.32 Å². The van der Waals surface area contributed by atoms with E-state index in [2.05, 4.69) is 5.32 Å². The lowest BCUT2D eigenvalue weighted by molar-refractivity contribution is 0.147. The van der Waals surface area contributed by atoms with Crippen molar-refractivity contribution in [3.63, 3.8) is 0 Å². The van der Waals surface area contributed by atoms with Crippen LogP contribution in [-0.2, 0) is 6.54 Å². The molecule has 0 saturated heterocycles. The van der Waals surface area contributed by atoms with Crippen LogP contribution in [-0.4, -0.2) is 11.7 Å². The summed E-state index contributed by atoms with van der Waals surface area (Å²) in [7, 11) is 0. The average Bonchev–Trinajstić information content (AvgIpc) is 2.86. The van der Waals surface area contributed by atoms with Gasteiger partial charge in [0, 0.05) is 28.7 Å². The number of hydrogen-bond acceptors (Lipinski definition) is 3. The molecule has 5 heteroatoms. The number of furan rings is 1. The molecule has 2 aromatic rings. The minimum Gasteiger partial charge on any atom is -0.467 e. The Balaban J connectivity index is 1.89. The first-order valence-corrected chi connectivity index (χ1v) is 6.29. The maximum atomic E-state index is 9.80. The third-order valence-electron chi connectivity index (χ3n) is 2.57. The highest BCUT2D eigenvalue weighted by molar-refractivity contribution is 6.35. The van der Waals surface area contributed by atoms with Crippen LogP contribution in [0, 0.1) is 0 Å². The average molecular weight is 286 g/mol. The Morgan fingerprint density at radius 2 is 1.89 bits per heavy atom. The molecule has 1 aromatic heterocycles. The van der Waals surface area contributed by atoms with Gasteiger partial charge in [-0.3, -0.25) is 0 Å². The van der Waals surface area contributed by atoms with Crippen LogP contribution in [0.4, 0.5) is 0 Å². The molecule has 0 bridgehead atoms. The Kier molecular flexibility index (Phi) is 4.66. The zero-order valence-electron chi connectivity index (χ0n) is 9.57. The molecule has 0 saturated carbocycles. The van der Waals surface area contributed by atoms with Crippen molar-refractivity contribution in [2.75, 3.05) is 6.54 Å². The van der Waals surface area contributed by atoms with Gasteiger partial charge in [-0.15, -0.1) is 0 Å². The molecule has 1 heterocycles. The molecule has 0 amide bonds. The monoisotopic (exact) mass is 285 g/mol. The van der Waals surface area contributed by atoms with Crippen LogP contribution in [0.25, 0.3) is 0 Å². The molecule has 1 aromatic carbocycles. The van der Waals surface area contributed by atoms with E-state index in [0.29, 0.717) is 28.9 Å². The lowest BCUT2D eigenvalue weighted by Crippen LogP contribution is -2.21. The summed E-state index contributed by atoms with van der Waals surface area (Å²) < 4.78 is 5.10. The topological polar surface area (TPSA) is 45.4 Å². The lowest BCUT2D eigenvalue weighted by Gasteiger charge is -2.11. The van der Waals surface area contributed by atoms with Gasteiger partial charge in [0.1, 0.15) is 11.9 Å². The van der Waals surface area contributed by atoms with Gasteiger partial charge in [-0.2, -0.15) is 0 Å². The fraction of sp³-hybridized carbons (Fsp3) is 0.231. The van der Waals surface area contributed by atoms with Gasteiger partial charge in [0.25, 0.3) is 0 Å². The Morgan fingerprint density at radius 1 is 1.17 bits per heavy atom. The van der Waals surface area contributed by atoms with E-state index in [9.17, 15) is 5.11 Å². The van der Waals surface area contributed by atoms with Crippen LogP contribution in [0.3, 0.4) is 0 Å². The number of rotatable bonds is 5. The van der Waals surface area contributed by atoms with Crippen molar-refractivity contribution >= 4 is 23.2 Å². The van der Waals surface area contributed by atoms with E-state index in [1.165, 1.54) is 6.26 Å². The van der Waals surface area contributed by atoms with E-state index in [1.54, 1.807) is 30.3 Å². The van der Waals surface area contributed by atoms with Crippen molar-refractivity contribution < 1.29 is 9.52 Å². The molecule has 96 valence electrons. The molecule has 1 atom stereocenters. The predicted molar refractivity (Wildman–Crippen MR) is 71.8 cm³/mol. The Morgan fingerprint density at radius 3 is 2.50 bits per heavy atom. The highest BCUT2D eigenvalue weighted by Crippen LogP contribution is 2.24. The van der Waals surface area contributed by atoms with Gasteiger partial charge < -0.3 is 14.8 Å². The minimum absolute atomic E-state index is 0.370. The zero-order chi connectivity index (χ0) is 13.0. The van der Waals surface area contributed by atoms with Crippen molar-refractivity contribution in [2.24, 2.45) is 0 Å². The van der Waals surface area contributed by atoms with Crippen LogP contribution >= 0.6 is 23.2 Å². The van der Waals surface area contributed by atoms with E-state index in [0.717, 1.165) is 5.56 Å². The van der Waals surface area contributed by atoms with Crippen LogP contribution in [0.15, 0.2) is 41.0 Å². The highest BCUT2D eigenvalue weighted by atomic mass is 35.5. The number of aliphatic hydroxyl groups is 1. The Hall–Kier alpha value is -1.00. The van der Waals surface area contributed by atoms with Gasteiger partial charge in [0.05, 0.1) is 6.26 Å². The number of aliphatic hydroxyl groups excluding tert-OH is 1. The highest BCUT2D eigenvalue weighted by Gasteiger charge is 2.10. The van der Waals surface area contributed by atoms with Gasteiger partial charge in [0.15, 0.2) is 0 Å². The van der Waals surface area contributed by atoms with Crippen molar-refractivity contribution in [2.45, 2.75) is 12.6 Å². The van der Waals surface area contributed by atoms with E-state index in [-0.39, 0.29) is 0 Å². The second-order valence-electron chi connectivity index (χ2n) is 3.86. The van der Waals surface area contributed by atoms with E-state index in [1.807, 2.05) is 0 Å². The number of hydrogen-bond donors (Lipinski definition) is 2. The molecule has 0 spiro atoms. The summed E-state index contributed by atoms with van der Waals surface area (Å²) >= 11 is 12.1. The van der Waals surface area contributed by atoms with Crippen molar-refractivity contribution in [3.8, 4) is 0 Å². The molecule has 0 aliphatic rings. The van der Waals surface area contributed by atoms with Gasteiger partial charge in [-0.05, 0) is 24.3 Å². The number of halogens is 2. The zero-order valence-corrected chi connectivity index (χ0v) is 11.1. The quantitative estimate of drug-likeness (QED) is 0.885. The summed E-state index contributed by atoms with van der Waals surface area (Å²) in [5, 5.41) is 14.1. The Labute approximate surface area is 115 Å². The fourth-order valence-corrected chi connectivity index (χ4v) is 2.15. The Bertz CT molecular complexity index is 479. The second kappa shape index (κ2) is 6.25. The van der Waals surface area contributed by atoms with Gasteiger partial charge in [0.2, 0.25) is 0 Å². The first-order valence-electron chi connectivity index (χ1n) is 5.53. The molecule has 0 aliphatic carbocycles. The molecule has 2 N–H and O–H groups in total. The van der Waals surface area contributed by atoms with E-state index in [4.69, 9.17) is 27.6 Å². The first kappa shape index (κ1) is 13.4. The molecule has 18 heavy (non-hydrogen) atoms. The minimum atomic E-state index is -0.679. The molecule has 0 aliphatic heterocycles. The fourth-order valence-electron chi connectivity index (χ4n) is 1.62. The third-order valence-corrected chi connectivity index (χ3v) is 3.28. The number of benzene rings is 1. The summed E-state index contributed by atoms with van der Waals surface area (Å²) in [6.45, 7) is 0.866. The number of nitrogens with one attached hydrogen (secondary N) is 1. The molecule has 1 unspecified atom stereocenters. The summed E-state index contributed by atoms with van der Waals surface area (Å²) in [5.41, 5.74) is 0.826. The standard InChI is InChI=1S/C13H13Cl2NO2/c14-10-3-1-4-11(15)9(10)7-16-8-12(17)13-5-2-6-18-13/h1-6,12,16-17H,7-8H2. The molecular formula is C13H13Cl2NO2. The molecular weight excluding hydrogens is 273 g/mol. The van der Waals surface area contributed by atoms with Crippen molar-refractivity contribution in [1.82, 2.24) is 5.32 Å². The maximum Gasteiger partial charge on any atom is 0.133 e. The maximum absolute atomic E-state index is 9.80. The molecule has 2 rings (SSSR count). The van der Waals surface area contributed by atoms with Gasteiger partial charge >= 0.3 is 0 Å². The predicted octanol–water partition coefficient (Wildman–Crippen LogP) is 3.41. The first-order chi connectivity index (χ1) is 8.68. The van der Waals surface area contributed by atoms with Crippen LogP contribution in [0.5, 0.6) is 0 Å². The second-order valence-corrected chi connectivity index (χ2v) is 4.68. The molecule has 0 fully saturated rings.